The van der Waals surface area contributed by atoms with E-state index in [0.717, 1.165) is 6.07 Å². The van der Waals surface area contributed by atoms with Crippen LogP contribution in [0.1, 0.15) is 15.9 Å². The van der Waals surface area contributed by atoms with Gasteiger partial charge in [0.05, 0.1) is 4.92 Å². The standard InChI is InChI=1S/C16H9ClN2O3/c17-14-6-4-11(5-7-14)8-13(10-18)16(20)12-2-1-3-15(9-12)19(21)22/h1-9H/b13-8+. The number of rotatable bonds is 4. The smallest absolute Gasteiger partial charge is 0.270 e. The van der Waals surface area contributed by atoms with Crippen molar-refractivity contribution in [3.63, 3.8) is 0 Å². The molecule has 0 aliphatic carbocycles. The number of allylic oxidation sites excluding steroid dienone is 1. The van der Waals surface area contributed by atoms with Crippen LogP contribution in [0.15, 0.2) is 54.1 Å². The molecule has 0 aliphatic rings. The van der Waals surface area contributed by atoms with Crippen molar-refractivity contribution in [2.75, 3.05) is 0 Å². The molecule has 2 rings (SSSR count). The van der Waals surface area contributed by atoms with Gasteiger partial charge in [0.25, 0.3) is 5.69 Å². The van der Waals surface area contributed by atoms with Gasteiger partial charge in [0.1, 0.15) is 11.6 Å². The Bertz CT molecular complexity index is 805. The first-order valence-corrected chi connectivity index (χ1v) is 6.55. The molecule has 0 atom stereocenters. The Kier molecular flexibility index (Phi) is 4.66. The Balaban J connectivity index is 2.37. The third kappa shape index (κ3) is 3.57. The minimum Gasteiger partial charge on any atom is -0.288 e. The van der Waals surface area contributed by atoms with E-state index < -0.39 is 10.7 Å². The molecule has 0 saturated carbocycles. The van der Waals surface area contributed by atoms with Crippen molar-refractivity contribution < 1.29 is 9.72 Å². The van der Waals surface area contributed by atoms with Crippen LogP contribution in [-0.2, 0) is 0 Å². The zero-order valence-electron chi connectivity index (χ0n) is 11.2. The highest BCUT2D eigenvalue weighted by atomic mass is 35.5. The fourth-order valence-corrected chi connectivity index (χ4v) is 1.92. The van der Waals surface area contributed by atoms with E-state index in [0.29, 0.717) is 10.6 Å². The minimum absolute atomic E-state index is 0.0935. The van der Waals surface area contributed by atoms with Crippen LogP contribution in [0.25, 0.3) is 6.08 Å². The lowest BCUT2D eigenvalue weighted by molar-refractivity contribution is -0.384. The van der Waals surface area contributed by atoms with Gasteiger partial charge in [-0.25, -0.2) is 0 Å². The van der Waals surface area contributed by atoms with E-state index in [9.17, 15) is 14.9 Å². The highest BCUT2D eigenvalue weighted by molar-refractivity contribution is 6.30. The average Bonchev–Trinajstić information content (AvgIpc) is 2.53. The van der Waals surface area contributed by atoms with E-state index in [4.69, 9.17) is 16.9 Å². The van der Waals surface area contributed by atoms with Gasteiger partial charge in [-0.05, 0) is 23.8 Å². The van der Waals surface area contributed by atoms with Crippen LogP contribution in [0, 0.1) is 21.4 Å². The number of benzene rings is 2. The predicted molar refractivity (Wildman–Crippen MR) is 82.5 cm³/mol. The maximum absolute atomic E-state index is 12.3. The molecule has 108 valence electrons. The van der Waals surface area contributed by atoms with Crippen LogP contribution in [0.4, 0.5) is 5.69 Å². The molecule has 2 aromatic rings. The summed E-state index contributed by atoms with van der Waals surface area (Å²) in [5, 5.41) is 20.4. The van der Waals surface area contributed by atoms with Crippen LogP contribution < -0.4 is 0 Å². The molecule has 0 radical (unpaired) electrons. The topological polar surface area (TPSA) is 84.0 Å². The molecule has 0 amide bonds. The quantitative estimate of drug-likeness (QED) is 0.280. The number of carbonyl (C=O) groups is 1. The van der Waals surface area contributed by atoms with Gasteiger partial charge in [0.15, 0.2) is 0 Å². The summed E-state index contributed by atoms with van der Waals surface area (Å²) < 4.78 is 0. The Hall–Kier alpha value is -2.97. The van der Waals surface area contributed by atoms with E-state index >= 15 is 0 Å². The van der Waals surface area contributed by atoms with Crippen LogP contribution in [0.5, 0.6) is 0 Å². The largest absolute Gasteiger partial charge is 0.288 e. The fraction of sp³-hybridized carbons (Fsp3) is 0. The van der Waals surface area contributed by atoms with Crippen LogP contribution in [-0.4, -0.2) is 10.7 Å². The molecule has 5 nitrogen and oxygen atoms in total. The monoisotopic (exact) mass is 312 g/mol. The van der Waals surface area contributed by atoms with Gasteiger partial charge >= 0.3 is 0 Å². The Morgan fingerprint density at radius 3 is 2.50 bits per heavy atom. The van der Waals surface area contributed by atoms with Gasteiger partial charge in [-0.1, -0.05) is 35.9 Å². The number of non-ortho nitro benzene ring substituents is 1. The van der Waals surface area contributed by atoms with Crippen LogP contribution >= 0.6 is 11.6 Å². The molecule has 22 heavy (non-hydrogen) atoms. The number of hydrogen-bond donors (Lipinski definition) is 0. The van der Waals surface area contributed by atoms with Crippen molar-refractivity contribution in [3.05, 3.63) is 80.4 Å². The van der Waals surface area contributed by atoms with Crippen molar-refractivity contribution in [1.29, 1.82) is 5.26 Å². The third-order valence-electron chi connectivity index (χ3n) is 2.87. The molecule has 0 spiro atoms. The van der Waals surface area contributed by atoms with E-state index in [1.165, 1.54) is 24.3 Å². The number of nitrogens with zero attached hydrogens (tertiary/aromatic N) is 2. The highest BCUT2D eigenvalue weighted by Gasteiger charge is 2.15. The number of nitriles is 1. The fourth-order valence-electron chi connectivity index (χ4n) is 1.79. The number of nitro groups is 1. The van der Waals surface area contributed by atoms with E-state index in [1.807, 2.05) is 6.07 Å². The molecule has 0 N–H and O–H groups in total. The molecule has 0 aliphatic heterocycles. The molecule has 0 heterocycles. The van der Waals surface area contributed by atoms with Crippen LogP contribution in [0.3, 0.4) is 0 Å². The number of carbonyl (C=O) groups excluding carboxylic acids is 1. The summed E-state index contributed by atoms with van der Waals surface area (Å²) in [7, 11) is 0. The van der Waals surface area contributed by atoms with Crippen molar-refractivity contribution in [2.45, 2.75) is 0 Å². The lowest BCUT2D eigenvalue weighted by Gasteiger charge is -2.00. The second-order valence-corrected chi connectivity index (χ2v) is 4.79. The van der Waals surface area contributed by atoms with Crippen molar-refractivity contribution in [1.82, 2.24) is 0 Å². The summed E-state index contributed by atoms with van der Waals surface area (Å²) in [5.41, 5.74) is 0.424. The first-order chi connectivity index (χ1) is 10.5. The van der Waals surface area contributed by atoms with Crippen molar-refractivity contribution in [3.8, 4) is 6.07 Å². The Morgan fingerprint density at radius 1 is 1.23 bits per heavy atom. The van der Waals surface area contributed by atoms with Crippen LogP contribution in [0.2, 0.25) is 5.02 Å². The lowest BCUT2D eigenvalue weighted by atomic mass is 10.0. The third-order valence-corrected chi connectivity index (χ3v) is 3.12. The maximum Gasteiger partial charge on any atom is 0.270 e. The van der Waals surface area contributed by atoms with Gasteiger partial charge in [-0.2, -0.15) is 5.26 Å². The maximum atomic E-state index is 12.3. The highest BCUT2D eigenvalue weighted by Crippen LogP contribution is 2.18. The molecule has 6 heteroatoms. The number of ketones is 1. The lowest BCUT2D eigenvalue weighted by Crippen LogP contribution is -2.02. The normalized spacial score (nSPS) is 10.8. The van der Waals surface area contributed by atoms with Gasteiger partial charge in [-0.15, -0.1) is 0 Å². The molecule has 0 unspecified atom stereocenters. The van der Waals surface area contributed by atoms with E-state index in [-0.39, 0.29) is 16.8 Å². The first kappa shape index (κ1) is 15.4. The number of nitro benzene ring substituents is 1. The number of halogens is 1. The molecular formula is C16H9ClN2O3. The zero-order chi connectivity index (χ0) is 16.1. The molecular weight excluding hydrogens is 304 g/mol. The second-order valence-electron chi connectivity index (χ2n) is 4.36. The van der Waals surface area contributed by atoms with Gasteiger partial charge < -0.3 is 0 Å². The molecule has 0 aromatic heterocycles. The average molecular weight is 313 g/mol. The van der Waals surface area contributed by atoms with Crippen molar-refractivity contribution in [2.24, 2.45) is 0 Å². The minimum atomic E-state index is -0.592. The summed E-state index contributed by atoms with van der Waals surface area (Å²) in [4.78, 5) is 22.4. The molecule has 0 fully saturated rings. The predicted octanol–water partition coefficient (Wildman–Crippen LogP) is 4.04. The summed E-state index contributed by atoms with van der Waals surface area (Å²) in [6.07, 6.45) is 1.41. The van der Waals surface area contributed by atoms with Gasteiger partial charge in [0.2, 0.25) is 5.78 Å². The summed E-state index contributed by atoms with van der Waals surface area (Å²) in [6.45, 7) is 0. The number of hydrogen-bond acceptors (Lipinski definition) is 4. The van der Waals surface area contributed by atoms with Crippen molar-refractivity contribution >= 4 is 29.1 Å². The Morgan fingerprint density at radius 2 is 1.91 bits per heavy atom. The summed E-state index contributed by atoms with van der Waals surface area (Å²) in [5.74, 6) is -0.568. The van der Waals surface area contributed by atoms with E-state index in [1.54, 1.807) is 24.3 Å². The number of Topliss-reactive ketones (excluding diaryl/α,β-unsaturated/α-hetero) is 1. The summed E-state index contributed by atoms with van der Waals surface area (Å²) >= 11 is 5.77. The first-order valence-electron chi connectivity index (χ1n) is 6.18. The SMILES string of the molecule is N#C/C(=C\c1ccc(Cl)cc1)C(=O)c1cccc([N+](=O)[O-])c1. The van der Waals surface area contributed by atoms with Gasteiger partial charge in [0, 0.05) is 22.7 Å². The zero-order valence-corrected chi connectivity index (χ0v) is 11.9. The summed E-state index contributed by atoms with van der Waals surface area (Å²) in [6, 6.07) is 13.7. The molecule has 0 bridgehead atoms. The van der Waals surface area contributed by atoms with E-state index in [2.05, 4.69) is 0 Å². The molecule has 0 saturated heterocycles. The van der Waals surface area contributed by atoms with Gasteiger partial charge in [-0.3, -0.25) is 14.9 Å². The Labute approximate surface area is 131 Å². The molecule has 2 aromatic carbocycles. The second kappa shape index (κ2) is 6.66.